The van der Waals surface area contributed by atoms with Crippen LogP contribution in [0.15, 0.2) is 0 Å². The molecule has 0 bridgehead atoms. The zero-order chi connectivity index (χ0) is 20.9. The Morgan fingerprint density at radius 3 is 1.43 bits per heavy atom. The van der Waals surface area contributed by atoms with Crippen molar-refractivity contribution in [2.24, 2.45) is 0 Å². The summed E-state index contributed by atoms with van der Waals surface area (Å²) in [6.45, 7) is 12.5. The lowest BCUT2D eigenvalue weighted by Crippen LogP contribution is -2.23. The van der Waals surface area contributed by atoms with Crippen LogP contribution in [0.4, 0.5) is 4.79 Å². The molecule has 5 nitrogen and oxygen atoms in total. The molecule has 0 saturated heterocycles. The van der Waals surface area contributed by atoms with Crippen molar-refractivity contribution in [3.8, 4) is 0 Å². The highest BCUT2D eigenvalue weighted by molar-refractivity contribution is 5.60. The van der Waals surface area contributed by atoms with Gasteiger partial charge in [-0.25, -0.2) is 4.79 Å². The molecule has 0 saturated carbocycles. The average molecular weight is 401 g/mol. The first-order valence-corrected chi connectivity index (χ1v) is 11.9. The van der Waals surface area contributed by atoms with Crippen LogP contribution in [0.3, 0.4) is 0 Å². The standard InChI is InChI=1S/C23H48N2O3/c1-5-7-9-11-17-24-19-13-15-21(3)27-23(26)28-22(4)16-14-20-25-18-12-10-8-6-2/h21-22,24-25H,5-20H2,1-4H3. The summed E-state index contributed by atoms with van der Waals surface area (Å²) < 4.78 is 10.7. The summed E-state index contributed by atoms with van der Waals surface area (Å²) in [5.41, 5.74) is 0. The molecule has 168 valence electrons. The third-order valence-electron chi connectivity index (χ3n) is 4.94. The SMILES string of the molecule is CCCCCCNCCCC(C)OC(=O)OC(C)CCCNCCCCCC. The molecule has 2 N–H and O–H groups in total. The van der Waals surface area contributed by atoms with Gasteiger partial charge in [-0.3, -0.25) is 0 Å². The van der Waals surface area contributed by atoms with Gasteiger partial charge in [-0.1, -0.05) is 52.4 Å². The minimum absolute atomic E-state index is 0.0913. The lowest BCUT2D eigenvalue weighted by molar-refractivity contribution is 0.00296. The van der Waals surface area contributed by atoms with E-state index in [1.54, 1.807) is 0 Å². The first kappa shape index (κ1) is 27.2. The number of nitrogens with one attached hydrogen (secondary N) is 2. The van der Waals surface area contributed by atoms with Gasteiger partial charge in [-0.15, -0.1) is 0 Å². The van der Waals surface area contributed by atoms with E-state index in [9.17, 15) is 4.79 Å². The van der Waals surface area contributed by atoms with Crippen molar-refractivity contribution in [3.63, 3.8) is 0 Å². The number of carbonyl (C=O) groups is 1. The fraction of sp³-hybridized carbons (Fsp3) is 0.957. The molecular weight excluding hydrogens is 352 g/mol. The second kappa shape index (κ2) is 20.9. The molecule has 0 radical (unpaired) electrons. The highest BCUT2D eigenvalue weighted by atomic mass is 16.7. The van der Waals surface area contributed by atoms with Crippen molar-refractivity contribution in [2.45, 2.75) is 117 Å². The Labute approximate surface area is 174 Å². The van der Waals surface area contributed by atoms with Gasteiger partial charge in [0.05, 0.1) is 0 Å². The van der Waals surface area contributed by atoms with E-state index in [0.29, 0.717) is 0 Å². The number of hydrogen-bond donors (Lipinski definition) is 2. The van der Waals surface area contributed by atoms with Crippen LogP contribution in [0.1, 0.15) is 105 Å². The number of unbranched alkanes of at least 4 members (excludes halogenated alkanes) is 6. The Bertz CT molecular complexity index is 310. The summed E-state index contributed by atoms with van der Waals surface area (Å²) in [5, 5.41) is 6.91. The maximum absolute atomic E-state index is 11.9. The van der Waals surface area contributed by atoms with Gasteiger partial charge in [0, 0.05) is 0 Å². The first-order chi connectivity index (χ1) is 13.6. The Balaban J connectivity index is 3.49. The summed E-state index contributed by atoms with van der Waals surface area (Å²) in [7, 11) is 0. The molecule has 5 heteroatoms. The number of rotatable bonds is 20. The van der Waals surface area contributed by atoms with E-state index in [0.717, 1.165) is 51.9 Å². The predicted octanol–water partition coefficient (Wildman–Crippen LogP) is 5.82. The van der Waals surface area contributed by atoms with E-state index in [1.807, 2.05) is 13.8 Å². The van der Waals surface area contributed by atoms with E-state index in [1.165, 1.54) is 51.4 Å². The monoisotopic (exact) mass is 400 g/mol. The number of carbonyl (C=O) groups excluding carboxylic acids is 1. The smallest absolute Gasteiger partial charge is 0.431 e. The molecule has 0 aliphatic rings. The van der Waals surface area contributed by atoms with E-state index >= 15 is 0 Å². The number of hydrogen-bond acceptors (Lipinski definition) is 5. The summed E-state index contributed by atoms with van der Waals surface area (Å²) in [6.07, 6.45) is 13.4. The van der Waals surface area contributed by atoms with Crippen LogP contribution < -0.4 is 10.6 Å². The third kappa shape index (κ3) is 19.9. The van der Waals surface area contributed by atoms with Gasteiger partial charge in [0.2, 0.25) is 0 Å². The second-order valence-corrected chi connectivity index (χ2v) is 8.01. The molecule has 0 heterocycles. The zero-order valence-corrected chi connectivity index (χ0v) is 19.2. The van der Waals surface area contributed by atoms with E-state index in [-0.39, 0.29) is 12.2 Å². The van der Waals surface area contributed by atoms with Gasteiger partial charge in [-0.05, 0) is 78.6 Å². The fourth-order valence-electron chi connectivity index (χ4n) is 3.11. The van der Waals surface area contributed by atoms with Gasteiger partial charge in [0.15, 0.2) is 0 Å². The van der Waals surface area contributed by atoms with E-state index in [4.69, 9.17) is 9.47 Å². The molecule has 0 aromatic rings. The van der Waals surface area contributed by atoms with Crippen LogP contribution in [-0.4, -0.2) is 44.5 Å². The Hall–Kier alpha value is -0.810. The van der Waals surface area contributed by atoms with Crippen molar-refractivity contribution < 1.29 is 14.3 Å². The molecule has 0 amide bonds. The van der Waals surface area contributed by atoms with Gasteiger partial charge in [0.25, 0.3) is 0 Å². The van der Waals surface area contributed by atoms with Crippen LogP contribution in [-0.2, 0) is 9.47 Å². The third-order valence-corrected chi connectivity index (χ3v) is 4.94. The Morgan fingerprint density at radius 1 is 0.643 bits per heavy atom. The summed E-state index contributed by atoms with van der Waals surface area (Å²) in [6, 6.07) is 0. The first-order valence-electron chi connectivity index (χ1n) is 11.9. The Kier molecular flexibility index (Phi) is 20.3. The van der Waals surface area contributed by atoms with Crippen LogP contribution in [0.5, 0.6) is 0 Å². The maximum Gasteiger partial charge on any atom is 0.508 e. The predicted molar refractivity (Wildman–Crippen MR) is 119 cm³/mol. The molecule has 28 heavy (non-hydrogen) atoms. The molecule has 0 aliphatic carbocycles. The van der Waals surface area contributed by atoms with Gasteiger partial charge >= 0.3 is 6.16 Å². The molecule has 0 aromatic carbocycles. The Morgan fingerprint density at radius 2 is 1.04 bits per heavy atom. The van der Waals surface area contributed by atoms with Crippen molar-refractivity contribution >= 4 is 6.16 Å². The highest BCUT2D eigenvalue weighted by Crippen LogP contribution is 2.07. The quantitative estimate of drug-likeness (QED) is 0.199. The minimum atomic E-state index is -0.528. The molecule has 0 aromatic heterocycles. The molecular formula is C23H48N2O3. The van der Waals surface area contributed by atoms with Crippen molar-refractivity contribution in [1.29, 1.82) is 0 Å². The topological polar surface area (TPSA) is 59.6 Å². The average Bonchev–Trinajstić information content (AvgIpc) is 2.65. The molecule has 0 spiro atoms. The normalized spacial score (nSPS) is 13.3. The van der Waals surface area contributed by atoms with Gasteiger partial charge < -0.3 is 20.1 Å². The van der Waals surface area contributed by atoms with E-state index in [2.05, 4.69) is 24.5 Å². The second-order valence-electron chi connectivity index (χ2n) is 8.01. The molecule has 2 atom stereocenters. The molecule has 2 unspecified atom stereocenters. The minimum Gasteiger partial charge on any atom is -0.431 e. The lowest BCUT2D eigenvalue weighted by atomic mass is 10.2. The molecule has 0 fully saturated rings. The van der Waals surface area contributed by atoms with Crippen LogP contribution in [0.25, 0.3) is 0 Å². The lowest BCUT2D eigenvalue weighted by Gasteiger charge is -2.17. The summed E-state index contributed by atoms with van der Waals surface area (Å²) in [4.78, 5) is 11.9. The largest absolute Gasteiger partial charge is 0.508 e. The van der Waals surface area contributed by atoms with Crippen molar-refractivity contribution in [1.82, 2.24) is 10.6 Å². The van der Waals surface area contributed by atoms with E-state index < -0.39 is 6.16 Å². The van der Waals surface area contributed by atoms with Gasteiger partial charge in [-0.2, -0.15) is 0 Å². The molecule has 0 aliphatic heterocycles. The van der Waals surface area contributed by atoms with Gasteiger partial charge in [0.1, 0.15) is 12.2 Å². The summed E-state index contributed by atoms with van der Waals surface area (Å²) >= 11 is 0. The zero-order valence-electron chi connectivity index (χ0n) is 19.2. The van der Waals surface area contributed by atoms with Crippen LogP contribution in [0.2, 0.25) is 0 Å². The fourth-order valence-corrected chi connectivity index (χ4v) is 3.11. The maximum atomic E-state index is 11.9. The number of ether oxygens (including phenoxy) is 2. The van der Waals surface area contributed by atoms with Crippen LogP contribution in [0, 0.1) is 0 Å². The van der Waals surface area contributed by atoms with Crippen molar-refractivity contribution in [2.75, 3.05) is 26.2 Å². The van der Waals surface area contributed by atoms with Crippen molar-refractivity contribution in [3.05, 3.63) is 0 Å². The van der Waals surface area contributed by atoms with Crippen LogP contribution >= 0.6 is 0 Å². The highest BCUT2D eigenvalue weighted by Gasteiger charge is 2.14. The molecule has 0 rings (SSSR count). The summed E-state index contributed by atoms with van der Waals surface area (Å²) in [5.74, 6) is 0.